The smallest absolute Gasteiger partial charge is 0.319 e. The van der Waals surface area contributed by atoms with Crippen molar-refractivity contribution in [1.29, 1.82) is 0 Å². The third-order valence-electron chi connectivity index (χ3n) is 2.19. The fraction of sp³-hybridized carbons (Fsp3) is 0.364. The Balaban J connectivity index is 2.89. The van der Waals surface area contributed by atoms with E-state index in [2.05, 4.69) is 10.6 Å². The van der Waals surface area contributed by atoms with Crippen LogP contribution in [0, 0.1) is 0 Å². The molecule has 3 N–H and O–H groups in total. The fourth-order valence-corrected chi connectivity index (χ4v) is 2.17. The van der Waals surface area contributed by atoms with Crippen molar-refractivity contribution in [2.24, 2.45) is 0 Å². The standard InChI is InChI=1S/C11H16N2O4S/c1-8(7-14)12-11(15)13-9-5-3-4-6-10(9)18(2,16)17/h3-6,8,14H,7H2,1-2H3,(H2,12,13,15)/t8-/m0/s1. The third kappa shape index (κ3) is 4.01. The van der Waals surface area contributed by atoms with Gasteiger partial charge in [-0.3, -0.25) is 0 Å². The van der Waals surface area contributed by atoms with Gasteiger partial charge in [-0.05, 0) is 19.1 Å². The second-order valence-electron chi connectivity index (χ2n) is 3.95. The summed E-state index contributed by atoms with van der Waals surface area (Å²) in [7, 11) is -3.41. The van der Waals surface area contributed by atoms with Crippen molar-refractivity contribution in [2.75, 3.05) is 18.2 Å². The largest absolute Gasteiger partial charge is 0.394 e. The first kappa shape index (κ1) is 14.5. The zero-order valence-electron chi connectivity index (χ0n) is 10.2. The summed E-state index contributed by atoms with van der Waals surface area (Å²) in [5.41, 5.74) is 0.211. The van der Waals surface area contributed by atoms with Crippen molar-refractivity contribution in [2.45, 2.75) is 17.9 Å². The molecule has 0 saturated heterocycles. The van der Waals surface area contributed by atoms with Gasteiger partial charge in [-0.25, -0.2) is 13.2 Å². The Kier molecular flexibility index (Phi) is 4.69. The number of carbonyl (C=O) groups is 1. The molecule has 1 aromatic rings. The zero-order chi connectivity index (χ0) is 13.8. The molecule has 0 aliphatic rings. The molecule has 1 aromatic carbocycles. The summed E-state index contributed by atoms with van der Waals surface area (Å²) < 4.78 is 23.0. The number of aliphatic hydroxyl groups is 1. The van der Waals surface area contributed by atoms with Crippen molar-refractivity contribution in [3.8, 4) is 0 Å². The molecule has 7 heteroatoms. The Morgan fingerprint density at radius 1 is 1.39 bits per heavy atom. The zero-order valence-corrected chi connectivity index (χ0v) is 11.0. The molecular weight excluding hydrogens is 256 g/mol. The summed E-state index contributed by atoms with van der Waals surface area (Å²) >= 11 is 0. The molecule has 18 heavy (non-hydrogen) atoms. The Bertz CT molecular complexity index is 528. The Hall–Kier alpha value is -1.60. The van der Waals surface area contributed by atoms with E-state index in [0.717, 1.165) is 6.26 Å². The molecule has 100 valence electrons. The molecule has 0 aromatic heterocycles. The van der Waals surface area contributed by atoms with Crippen LogP contribution in [0.2, 0.25) is 0 Å². The van der Waals surface area contributed by atoms with Crippen LogP contribution in [-0.2, 0) is 9.84 Å². The maximum absolute atomic E-state index is 11.5. The number of hydrogen-bond acceptors (Lipinski definition) is 4. The van der Waals surface area contributed by atoms with Crippen LogP contribution in [0.1, 0.15) is 6.92 Å². The average molecular weight is 272 g/mol. The number of urea groups is 1. The number of hydrogen-bond donors (Lipinski definition) is 3. The number of nitrogens with one attached hydrogen (secondary N) is 2. The van der Waals surface area contributed by atoms with Gasteiger partial charge in [-0.2, -0.15) is 0 Å². The van der Waals surface area contributed by atoms with Crippen molar-refractivity contribution in [1.82, 2.24) is 5.32 Å². The number of sulfone groups is 1. The Labute approximate surface area is 106 Å². The number of carbonyl (C=O) groups excluding carboxylic acids is 1. The molecule has 0 aliphatic carbocycles. The minimum absolute atomic E-state index is 0.0526. The van der Waals surface area contributed by atoms with Crippen LogP contribution in [0.3, 0.4) is 0 Å². The van der Waals surface area contributed by atoms with Gasteiger partial charge in [0.2, 0.25) is 0 Å². The quantitative estimate of drug-likeness (QED) is 0.747. The topological polar surface area (TPSA) is 95.5 Å². The van der Waals surface area contributed by atoms with E-state index in [0.29, 0.717) is 0 Å². The van der Waals surface area contributed by atoms with Gasteiger partial charge >= 0.3 is 6.03 Å². The van der Waals surface area contributed by atoms with E-state index < -0.39 is 21.9 Å². The maximum atomic E-state index is 11.5. The molecule has 0 unspecified atom stereocenters. The molecule has 0 radical (unpaired) electrons. The van der Waals surface area contributed by atoms with Crippen LogP contribution in [0.4, 0.5) is 10.5 Å². The molecule has 6 nitrogen and oxygen atoms in total. The number of amides is 2. The highest BCUT2D eigenvalue weighted by Crippen LogP contribution is 2.20. The molecule has 1 atom stereocenters. The normalized spacial score (nSPS) is 12.8. The molecule has 0 aliphatic heterocycles. The highest BCUT2D eigenvalue weighted by atomic mass is 32.2. The highest BCUT2D eigenvalue weighted by molar-refractivity contribution is 7.90. The van der Waals surface area contributed by atoms with Crippen molar-refractivity contribution in [3.63, 3.8) is 0 Å². The van der Waals surface area contributed by atoms with Crippen LogP contribution in [0.25, 0.3) is 0 Å². The number of anilines is 1. The molecule has 0 heterocycles. The second kappa shape index (κ2) is 5.83. The monoisotopic (exact) mass is 272 g/mol. The van der Waals surface area contributed by atoms with Crippen LogP contribution in [0.5, 0.6) is 0 Å². The predicted octanol–water partition coefficient (Wildman–Crippen LogP) is 0.592. The van der Waals surface area contributed by atoms with Gasteiger partial charge in [0.05, 0.1) is 23.2 Å². The van der Waals surface area contributed by atoms with Crippen LogP contribution >= 0.6 is 0 Å². The van der Waals surface area contributed by atoms with Crippen LogP contribution in [0.15, 0.2) is 29.2 Å². The molecule has 1 rings (SSSR count). The molecule has 0 saturated carbocycles. The van der Waals surface area contributed by atoms with Crippen molar-refractivity contribution in [3.05, 3.63) is 24.3 Å². The van der Waals surface area contributed by atoms with E-state index >= 15 is 0 Å². The first-order valence-electron chi connectivity index (χ1n) is 5.32. The minimum atomic E-state index is -3.41. The van der Waals surface area contributed by atoms with Crippen LogP contribution in [-0.4, -0.2) is 38.5 Å². The number of para-hydroxylation sites is 1. The second-order valence-corrected chi connectivity index (χ2v) is 5.93. The minimum Gasteiger partial charge on any atom is -0.394 e. The van der Waals surface area contributed by atoms with Crippen molar-refractivity contribution >= 4 is 21.6 Å². The Morgan fingerprint density at radius 2 is 2.00 bits per heavy atom. The lowest BCUT2D eigenvalue weighted by Gasteiger charge is -2.13. The summed E-state index contributed by atoms with van der Waals surface area (Å²) in [5.74, 6) is 0. The third-order valence-corrected chi connectivity index (χ3v) is 3.34. The van der Waals surface area contributed by atoms with Gasteiger partial charge in [0.1, 0.15) is 0 Å². The SMILES string of the molecule is C[C@@H](CO)NC(=O)Nc1ccccc1S(C)(=O)=O. The number of aliphatic hydroxyl groups excluding tert-OH is 1. The molecule has 2 amide bonds. The maximum Gasteiger partial charge on any atom is 0.319 e. The summed E-state index contributed by atoms with van der Waals surface area (Å²) in [5, 5.41) is 13.7. The van der Waals surface area contributed by atoms with E-state index in [-0.39, 0.29) is 17.2 Å². The highest BCUT2D eigenvalue weighted by Gasteiger charge is 2.14. The number of benzene rings is 1. The number of rotatable bonds is 4. The first-order chi connectivity index (χ1) is 8.34. The van der Waals surface area contributed by atoms with E-state index in [1.165, 1.54) is 12.1 Å². The average Bonchev–Trinajstić information content (AvgIpc) is 2.27. The molecule has 0 spiro atoms. The Morgan fingerprint density at radius 3 is 2.56 bits per heavy atom. The predicted molar refractivity (Wildman–Crippen MR) is 68.3 cm³/mol. The first-order valence-corrected chi connectivity index (χ1v) is 7.21. The molecule has 0 fully saturated rings. The van der Waals surface area contributed by atoms with E-state index in [1.54, 1.807) is 19.1 Å². The van der Waals surface area contributed by atoms with E-state index in [4.69, 9.17) is 5.11 Å². The van der Waals surface area contributed by atoms with Gasteiger partial charge in [-0.15, -0.1) is 0 Å². The fourth-order valence-electron chi connectivity index (χ4n) is 1.32. The lowest BCUT2D eigenvalue weighted by molar-refractivity contribution is 0.229. The summed E-state index contributed by atoms with van der Waals surface area (Å²) in [4.78, 5) is 11.6. The van der Waals surface area contributed by atoms with Gasteiger partial charge in [0.15, 0.2) is 9.84 Å². The molecule has 0 bridgehead atoms. The summed E-state index contributed by atoms with van der Waals surface area (Å²) in [6.45, 7) is 1.43. The lowest BCUT2D eigenvalue weighted by atomic mass is 10.3. The van der Waals surface area contributed by atoms with Gasteiger partial charge < -0.3 is 15.7 Å². The lowest BCUT2D eigenvalue weighted by Crippen LogP contribution is -2.38. The summed E-state index contributed by atoms with van der Waals surface area (Å²) in [6, 6.07) is 5.15. The van der Waals surface area contributed by atoms with Crippen molar-refractivity contribution < 1.29 is 18.3 Å². The van der Waals surface area contributed by atoms with Gasteiger partial charge in [0.25, 0.3) is 0 Å². The van der Waals surface area contributed by atoms with E-state index in [1.807, 2.05) is 0 Å². The van der Waals surface area contributed by atoms with Gasteiger partial charge in [-0.1, -0.05) is 12.1 Å². The molecular formula is C11H16N2O4S. The van der Waals surface area contributed by atoms with Crippen LogP contribution < -0.4 is 10.6 Å². The van der Waals surface area contributed by atoms with E-state index in [9.17, 15) is 13.2 Å². The summed E-state index contributed by atoms with van der Waals surface area (Å²) in [6.07, 6.45) is 1.07. The van der Waals surface area contributed by atoms with Gasteiger partial charge in [0, 0.05) is 6.26 Å².